The third-order valence-electron chi connectivity index (χ3n) is 2.79. The molecule has 0 atom stereocenters. The lowest BCUT2D eigenvalue weighted by Gasteiger charge is -2.20. The summed E-state index contributed by atoms with van der Waals surface area (Å²) in [7, 11) is 3.83. The molecule has 0 radical (unpaired) electrons. The number of rotatable bonds is 2. The SMILES string of the molecule is Cc1c(C)c(N(C)C)c(C)c(O)c1[NH+]=O. The molecule has 0 aliphatic heterocycles. The summed E-state index contributed by atoms with van der Waals surface area (Å²) in [5.74, 6) is 0.0387. The highest BCUT2D eigenvalue weighted by Crippen LogP contribution is 2.37. The van der Waals surface area contributed by atoms with Gasteiger partial charge in [0, 0.05) is 41.0 Å². The van der Waals surface area contributed by atoms with Gasteiger partial charge in [-0.15, -0.1) is 0 Å². The van der Waals surface area contributed by atoms with Crippen LogP contribution in [0, 0.1) is 25.7 Å². The molecule has 0 fully saturated rings. The quantitative estimate of drug-likeness (QED) is 0.710. The summed E-state index contributed by atoms with van der Waals surface area (Å²) in [6.07, 6.45) is 0. The van der Waals surface area contributed by atoms with Crippen molar-refractivity contribution >= 4 is 11.4 Å². The van der Waals surface area contributed by atoms with Crippen LogP contribution in [0.25, 0.3) is 0 Å². The van der Waals surface area contributed by atoms with Gasteiger partial charge in [-0.25, -0.2) is 0 Å². The van der Waals surface area contributed by atoms with Gasteiger partial charge in [-0.2, -0.15) is 0 Å². The van der Waals surface area contributed by atoms with Crippen LogP contribution in [-0.2, 0) is 0 Å². The second-order valence-corrected chi connectivity index (χ2v) is 3.94. The molecule has 4 nitrogen and oxygen atoms in total. The molecule has 0 aliphatic rings. The van der Waals surface area contributed by atoms with Crippen LogP contribution in [0.4, 0.5) is 11.4 Å². The lowest BCUT2D eigenvalue weighted by Crippen LogP contribution is -2.56. The summed E-state index contributed by atoms with van der Waals surface area (Å²) >= 11 is 0. The lowest BCUT2D eigenvalue weighted by atomic mass is 9.99. The van der Waals surface area contributed by atoms with E-state index in [4.69, 9.17) is 0 Å². The Kier molecular flexibility index (Phi) is 2.98. The Hall–Kier alpha value is -1.58. The first-order valence-corrected chi connectivity index (χ1v) is 4.80. The molecule has 0 bridgehead atoms. The Morgan fingerprint density at radius 2 is 1.60 bits per heavy atom. The van der Waals surface area contributed by atoms with Crippen molar-refractivity contribution in [2.75, 3.05) is 19.0 Å². The number of hydrogen-bond acceptors (Lipinski definition) is 3. The van der Waals surface area contributed by atoms with Crippen LogP contribution in [0.5, 0.6) is 5.75 Å². The molecule has 0 spiro atoms. The average molecular weight is 209 g/mol. The maximum Gasteiger partial charge on any atom is 0.298 e. The average Bonchev–Trinajstić information content (AvgIpc) is 2.16. The van der Waals surface area contributed by atoms with Crippen molar-refractivity contribution in [1.82, 2.24) is 0 Å². The Morgan fingerprint density at radius 1 is 1.07 bits per heavy atom. The number of phenols is 1. The van der Waals surface area contributed by atoms with Crippen molar-refractivity contribution in [3.63, 3.8) is 0 Å². The van der Waals surface area contributed by atoms with Gasteiger partial charge in [0.2, 0.25) is 0 Å². The molecule has 82 valence electrons. The molecule has 1 aromatic carbocycles. The topological polar surface area (TPSA) is 54.5 Å². The first-order valence-electron chi connectivity index (χ1n) is 4.80. The van der Waals surface area contributed by atoms with E-state index in [0.717, 1.165) is 22.4 Å². The Labute approximate surface area is 89.5 Å². The van der Waals surface area contributed by atoms with Gasteiger partial charge in [0.05, 0.1) is 0 Å². The molecule has 2 N–H and O–H groups in total. The van der Waals surface area contributed by atoms with E-state index in [1.54, 1.807) is 12.1 Å². The molecular formula is C11H17N2O2+. The van der Waals surface area contributed by atoms with E-state index in [-0.39, 0.29) is 11.4 Å². The standard InChI is InChI=1S/C11H16N2O2/c1-6-7(2)10(13(4)5)8(3)11(14)9(6)12-15/h14H,1-5H3/p+1. The van der Waals surface area contributed by atoms with Crippen molar-refractivity contribution < 1.29 is 10.3 Å². The summed E-state index contributed by atoms with van der Waals surface area (Å²) in [5.41, 5.74) is 3.76. The van der Waals surface area contributed by atoms with E-state index in [2.05, 4.69) is 0 Å². The molecule has 15 heavy (non-hydrogen) atoms. The van der Waals surface area contributed by atoms with Crippen molar-refractivity contribution in [2.24, 2.45) is 0 Å². The van der Waals surface area contributed by atoms with Crippen molar-refractivity contribution in [3.05, 3.63) is 21.6 Å². The number of phenolic OH excluding ortho intramolecular Hbond substituents is 1. The summed E-state index contributed by atoms with van der Waals surface area (Å²) in [5, 5.41) is 11.6. The minimum absolute atomic E-state index is 0.0387. The molecule has 1 rings (SSSR count). The van der Waals surface area contributed by atoms with Crippen molar-refractivity contribution in [1.29, 1.82) is 0 Å². The largest absolute Gasteiger partial charge is 0.502 e. The van der Waals surface area contributed by atoms with E-state index in [1.807, 2.05) is 32.8 Å². The molecule has 0 saturated carbocycles. The molecule has 0 saturated heterocycles. The Bertz CT molecular complexity index is 383. The third-order valence-corrected chi connectivity index (χ3v) is 2.79. The van der Waals surface area contributed by atoms with Gasteiger partial charge >= 0.3 is 0 Å². The van der Waals surface area contributed by atoms with E-state index in [1.165, 1.54) is 0 Å². The molecule has 0 aromatic heterocycles. The fourth-order valence-corrected chi connectivity index (χ4v) is 1.92. The van der Waals surface area contributed by atoms with Gasteiger partial charge in [0.25, 0.3) is 5.69 Å². The number of benzene rings is 1. The number of nitrogens with one attached hydrogen (secondary N) is 1. The normalized spacial score (nSPS) is 10.2. The Balaban J connectivity index is 3.66. The highest BCUT2D eigenvalue weighted by Gasteiger charge is 2.22. The lowest BCUT2D eigenvalue weighted by molar-refractivity contribution is -0.381. The molecule has 0 amide bonds. The molecule has 0 unspecified atom stereocenters. The van der Waals surface area contributed by atoms with E-state index < -0.39 is 0 Å². The van der Waals surface area contributed by atoms with Gasteiger partial charge in [0.15, 0.2) is 5.75 Å². The first kappa shape index (κ1) is 11.5. The van der Waals surface area contributed by atoms with Crippen LogP contribution >= 0.6 is 0 Å². The number of nitrogens with zero attached hydrogens (tertiary/aromatic N) is 1. The van der Waals surface area contributed by atoms with Crippen LogP contribution in [0.3, 0.4) is 0 Å². The maximum atomic E-state index is 10.7. The fraction of sp³-hybridized carbons (Fsp3) is 0.455. The molecule has 0 heterocycles. The van der Waals surface area contributed by atoms with Gasteiger partial charge in [-0.1, -0.05) is 0 Å². The third kappa shape index (κ3) is 1.67. The highest BCUT2D eigenvalue weighted by molar-refractivity contribution is 5.72. The summed E-state index contributed by atoms with van der Waals surface area (Å²) < 4.78 is 0. The summed E-state index contributed by atoms with van der Waals surface area (Å²) in [6.45, 7) is 5.57. The van der Waals surface area contributed by atoms with Crippen LogP contribution in [0.15, 0.2) is 0 Å². The molecule has 1 aromatic rings. The second kappa shape index (κ2) is 3.88. The minimum atomic E-state index is 0.0387. The van der Waals surface area contributed by atoms with Crippen LogP contribution < -0.4 is 10.1 Å². The smallest absolute Gasteiger partial charge is 0.298 e. The van der Waals surface area contributed by atoms with Gasteiger partial charge in [0.1, 0.15) is 0 Å². The number of anilines is 1. The highest BCUT2D eigenvalue weighted by atomic mass is 16.3. The number of aromatic hydroxyl groups is 1. The number of nitroso groups, excluding NO2 is 1. The van der Waals surface area contributed by atoms with Gasteiger partial charge in [-0.3, -0.25) is 0 Å². The predicted molar refractivity (Wildman–Crippen MR) is 60.6 cm³/mol. The maximum absolute atomic E-state index is 10.7. The van der Waals surface area contributed by atoms with Crippen LogP contribution in [0.1, 0.15) is 16.7 Å². The molecule has 4 heteroatoms. The van der Waals surface area contributed by atoms with Crippen LogP contribution in [0.2, 0.25) is 0 Å². The zero-order valence-corrected chi connectivity index (χ0v) is 9.80. The Morgan fingerprint density at radius 3 is 2.00 bits per heavy atom. The number of hydrogen-bond donors (Lipinski definition) is 2. The fourth-order valence-electron chi connectivity index (χ4n) is 1.92. The predicted octanol–water partition coefficient (Wildman–Crippen LogP) is 0.862. The van der Waals surface area contributed by atoms with E-state index in [9.17, 15) is 10.0 Å². The van der Waals surface area contributed by atoms with Gasteiger partial charge in [-0.05, 0) is 26.3 Å². The summed E-state index contributed by atoms with van der Waals surface area (Å²) in [6, 6.07) is 0. The summed E-state index contributed by atoms with van der Waals surface area (Å²) in [4.78, 5) is 12.7. The zero-order chi connectivity index (χ0) is 11.7. The minimum Gasteiger partial charge on any atom is -0.502 e. The zero-order valence-electron chi connectivity index (χ0n) is 9.80. The van der Waals surface area contributed by atoms with Crippen molar-refractivity contribution in [3.8, 4) is 5.75 Å². The van der Waals surface area contributed by atoms with Crippen LogP contribution in [-0.4, -0.2) is 19.2 Å². The van der Waals surface area contributed by atoms with E-state index in [0.29, 0.717) is 0 Å². The van der Waals surface area contributed by atoms with Gasteiger partial charge < -0.3 is 10.0 Å². The second-order valence-electron chi connectivity index (χ2n) is 3.94. The van der Waals surface area contributed by atoms with E-state index >= 15 is 0 Å². The molecular weight excluding hydrogens is 192 g/mol. The monoisotopic (exact) mass is 209 g/mol. The van der Waals surface area contributed by atoms with Crippen molar-refractivity contribution in [2.45, 2.75) is 20.8 Å². The first-order chi connectivity index (χ1) is 6.91. The molecule has 0 aliphatic carbocycles.